The summed E-state index contributed by atoms with van der Waals surface area (Å²) in [5.74, 6) is 3.66. The van der Waals surface area contributed by atoms with Crippen LogP contribution in [-0.4, -0.2) is 24.8 Å². The van der Waals surface area contributed by atoms with Crippen LogP contribution >= 0.6 is 0 Å². The van der Waals surface area contributed by atoms with Crippen LogP contribution in [0.1, 0.15) is 43.6 Å². The van der Waals surface area contributed by atoms with Gasteiger partial charge in [0.1, 0.15) is 19.0 Å². The van der Waals surface area contributed by atoms with Gasteiger partial charge in [0.25, 0.3) is 5.09 Å². The fraction of sp³-hybridized carbons (Fsp3) is 0.667. The van der Waals surface area contributed by atoms with E-state index < -0.39 is 5.09 Å². The maximum Gasteiger partial charge on any atom is 0.294 e. The lowest BCUT2D eigenvalue weighted by molar-refractivity contribution is -0.757. The molecule has 3 rings (SSSR count). The Hall–Kier alpha value is -1.82. The molecule has 132 valence electrons. The number of ether oxygens (including phenoxy) is 1. The molecule has 0 saturated heterocycles. The van der Waals surface area contributed by atoms with E-state index >= 15 is 0 Å². The van der Waals surface area contributed by atoms with E-state index in [2.05, 4.69) is 17.0 Å². The van der Waals surface area contributed by atoms with Crippen molar-refractivity contribution >= 4 is 0 Å². The Morgan fingerprint density at radius 3 is 2.54 bits per heavy atom. The summed E-state index contributed by atoms with van der Waals surface area (Å²) < 4.78 is 5.57. The highest BCUT2D eigenvalue weighted by molar-refractivity contribution is 5.31. The second-order valence-electron chi connectivity index (χ2n) is 7.19. The topological polar surface area (TPSA) is 87.6 Å². The summed E-state index contributed by atoms with van der Waals surface area (Å²) in [7, 11) is 0. The summed E-state index contributed by atoms with van der Waals surface area (Å²) in [4.78, 5) is 14.4. The molecular formula is C18H26N2O4. The first kappa shape index (κ1) is 17.0. The standard InChI is InChI=1S/C18H26N2O4/c19-12-15-7-13-6-14(8-15)10-17(9-13)16-2-1-3-18(11-16)23-4-5-24-20(21)22/h1-3,11,13-15,17H,4-10,12,19H2. The highest BCUT2D eigenvalue weighted by Crippen LogP contribution is 2.48. The van der Waals surface area contributed by atoms with Gasteiger partial charge in [-0.1, -0.05) is 12.1 Å². The monoisotopic (exact) mass is 334 g/mol. The number of nitrogens with two attached hydrogens (primary N) is 1. The smallest absolute Gasteiger partial charge is 0.294 e. The highest BCUT2D eigenvalue weighted by Gasteiger charge is 2.36. The molecule has 2 bridgehead atoms. The van der Waals surface area contributed by atoms with Gasteiger partial charge in [0.2, 0.25) is 0 Å². The van der Waals surface area contributed by atoms with Crippen LogP contribution in [0.3, 0.4) is 0 Å². The van der Waals surface area contributed by atoms with Crippen molar-refractivity contribution in [2.24, 2.45) is 23.5 Å². The molecule has 6 nitrogen and oxygen atoms in total. The third kappa shape index (κ3) is 4.38. The molecule has 0 amide bonds. The first-order chi connectivity index (χ1) is 11.6. The van der Waals surface area contributed by atoms with Crippen molar-refractivity contribution in [3.8, 4) is 5.75 Å². The third-order valence-corrected chi connectivity index (χ3v) is 5.45. The second-order valence-corrected chi connectivity index (χ2v) is 7.19. The molecule has 6 heteroatoms. The number of nitrogens with zero attached hydrogens (tertiary/aromatic N) is 1. The van der Waals surface area contributed by atoms with Crippen LogP contribution in [0.5, 0.6) is 5.75 Å². The fourth-order valence-electron chi connectivity index (χ4n) is 4.58. The minimum Gasteiger partial charge on any atom is -0.492 e. The summed E-state index contributed by atoms with van der Waals surface area (Å²) in [6.07, 6.45) is 6.39. The molecule has 2 saturated carbocycles. The minimum atomic E-state index is -0.796. The van der Waals surface area contributed by atoms with Crippen molar-refractivity contribution < 1.29 is 14.7 Å². The summed E-state index contributed by atoms with van der Waals surface area (Å²) in [5, 5.41) is 9.34. The van der Waals surface area contributed by atoms with Crippen molar-refractivity contribution in [1.29, 1.82) is 0 Å². The van der Waals surface area contributed by atoms with Crippen molar-refractivity contribution in [2.75, 3.05) is 19.8 Å². The van der Waals surface area contributed by atoms with E-state index in [0.717, 1.165) is 24.1 Å². The van der Waals surface area contributed by atoms with Crippen LogP contribution in [0.15, 0.2) is 24.3 Å². The van der Waals surface area contributed by atoms with Gasteiger partial charge >= 0.3 is 0 Å². The van der Waals surface area contributed by atoms with Gasteiger partial charge in [-0.2, -0.15) is 0 Å². The quantitative estimate of drug-likeness (QED) is 0.470. The number of hydrogen-bond acceptors (Lipinski definition) is 5. The molecule has 2 atom stereocenters. The lowest BCUT2D eigenvalue weighted by Gasteiger charge is -2.42. The van der Waals surface area contributed by atoms with E-state index in [1.54, 1.807) is 0 Å². The zero-order valence-electron chi connectivity index (χ0n) is 13.9. The molecule has 0 spiro atoms. The number of benzene rings is 1. The van der Waals surface area contributed by atoms with Gasteiger partial charge in [0.05, 0.1) is 0 Å². The Bertz CT molecular complexity index is 552. The molecule has 2 unspecified atom stereocenters. The lowest BCUT2D eigenvalue weighted by atomic mass is 9.63. The van der Waals surface area contributed by atoms with E-state index in [1.807, 2.05) is 12.1 Å². The molecule has 1 aromatic rings. The normalized spacial score (nSPS) is 29.0. The Kier molecular flexibility index (Phi) is 5.56. The number of fused-ring (bicyclic) bond motifs is 2. The number of rotatable bonds is 7. The summed E-state index contributed by atoms with van der Waals surface area (Å²) in [6, 6.07) is 8.15. The third-order valence-electron chi connectivity index (χ3n) is 5.45. The summed E-state index contributed by atoms with van der Waals surface area (Å²) in [6.45, 7) is 0.955. The zero-order chi connectivity index (χ0) is 16.9. The Labute approximate surface area is 142 Å². The average Bonchev–Trinajstić information content (AvgIpc) is 2.58. The van der Waals surface area contributed by atoms with E-state index in [-0.39, 0.29) is 13.2 Å². The van der Waals surface area contributed by atoms with Crippen molar-refractivity contribution in [3.05, 3.63) is 39.9 Å². The lowest BCUT2D eigenvalue weighted by Crippen LogP contribution is -2.33. The van der Waals surface area contributed by atoms with Gasteiger partial charge in [-0.3, -0.25) is 0 Å². The van der Waals surface area contributed by atoms with E-state index in [1.165, 1.54) is 37.7 Å². The predicted molar refractivity (Wildman–Crippen MR) is 90.2 cm³/mol. The van der Waals surface area contributed by atoms with Gasteiger partial charge in [-0.15, -0.1) is 10.1 Å². The van der Waals surface area contributed by atoms with Crippen LogP contribution in [0, 0.1) is 27.9 Å². The predicted octanol–water partition coefficient (Wildman–Crippen LogP) is 3.14. The van der Waals surface area contributed by atoms with Crippen molar-refractivity contribution in [2.45, 2.75) is 38.0 Å². The fourth-order valence-corrected chi connectivity index (χ4v) is 4.58. The Morgan fingerprint density at radius 1 is 1.12 bits per heavy atom. The largest absolute Gasteiger partial charge is 0.492 e. The highest BCUT2D eigenvalue weighted by atomic mass is 17.0. The Balaban J connectivity index is 1.57. The number of hydrogen-bond donors (Lipinski definition) is 1. The van der Waals surface area contributed by atoms with Crippen LogP contribution < -0.4 is 10.5 Å². The summed E-state index contributed by atoms with van der Waals surface area (Å²) in [5.41, 5.74) is 7.20. The van der Waals surface area contributed by atoms with Crippen LogP contribution in [-0.2, 0) is 4.84 Å². The molecule has 0 aromatic heterocycles. The second kappa shape index (κ2) is 7.83. The average molecular weight is 334 g/mol. The minimum absolute atomic E-state index is 0.0503. The van der Waals surface area contributed by atoms with Gasteiger partial charge in [0.15, 0.2) is 0 Å². The van der Waals surface area contributed by atoms with Crippen molar-refractivity contribution in [3.63, 3.8) is 0 Å². The summed E-state index contributed by atoms with van der Waals surface area (Å²) >= 11 is 0. The van der Waals surface area contributed by atoms with Gasteiger partial charge in [-0.25, -0.2) is 0 Å². The van der Waals surface area contributed by atoms with Crippen LogP contribution in [0.25, 0.3) is 0 Å². The molecule has 24 heavy (non-hydrogen) atoms. The molecule has 0 heterocycles. The molecule has 0 aliphatic heterocycles. The zero-order valence-corrected chi connectivity index (χ0v) is 13.9. The van der Waals surface area contributed by atoms with Crippen molar-refractivity contribution in [1.82, 2.24) is 0 Å². The molecule has 0 radical (unpaired) electrons. The molecular weight excluding hydrogens is 308 g/mol. The SMILES string of the molecule is NCC1CC2CC(C1)CC(c1cccc(OCCO[N+](=O)[O-])c1)C2. The molecule has 2 N–H and O–H groups in total. The maximum absolute atomic E-state index is 10.1. The van der Waals surface area contributed by atoms with E-state index in [4.69, 9.17) is 10.5 Å². The van der Waals surface area contributed by atoms with E-state index in [0.29, 0.717) is 11.8 Å². The van der Waals surface area contributed by atoms with Gasteiger partial charge < -0.3 is 15.3 Å². The molecule has 2 aliphatic carbocycles. The van der Waals surface area contributed by atoms with Crippen LogP contribution in [0.4, 0.5) is 0 Å². The molecule has 2 fully saturated rings. The first-order valence-electron chi connectivity index (χ1n) is 8.84. The van der Waals surface area contributed by atoms with Gasteiger partial charge in [-0.05, 0) is 80.0 Å². The van der Waals surface area contributed by atoms with E-state index in [9.17, 15) is 10.1 Å². The molecule has 1 aromatic carbocycles. The maximum atomic E-state index is 10.1. The van der Waals surface area contributed by atoms with Crippen LogP contribution in [0.2, 0.25) is 0 Å². The first-order valence-corrected chi connectivity index (χ1v) is 8.84. The van der Waals surface area contributed by atoms with Gasteiger partial charge in [0, 0.05) is 0 Å². The Morgan fingerprint density at radius 2 is 1.88 bits per heavy atom. The molecule has 2 aliphatic rings.